The van der Waals surface area contributed by atoms with Crippen molar-refractivity contribution in [1.82, 2.24) is 14.7 Å². The van der Waals surface area contributed by atoms with E-state index in [9.17, 15) is 4.79 Å². The SMILES string of the molecule is CC[C@H]1C[C@@H](NC(=O)c2ccccc2)C[C@@H](c2c(C)nc3sccn23)O1. The second-order valence-electron chi connectivity index (χ2n) is 6.80. The van der Waals surface area contributed by atoms with Gasteiger partial charge in [-0.2, -0.15) is 0 Å². The standard InChI is InChI=1S/C20H23N3O2S/c1-3-16-11-15(22-19(24)14-7-5-4-6-8-14)12-17(25-16)18-13(2)21-20-23(18)9-10-26-20/h4-10,15-17H,3,11-12H2,1-2H3,(H,22,24)/t15-,16+,17+/m1/s1. The van der Waals surface area contributed by atoms with Gasteiger partial charge in [-0.1, -0.05) is 25.1 Å². The van der Waals surface area contributed by atoms with E-state index in [2.05, 4.69) is 21.6 Å². The molecule has 0 bridgehead atoms. The number of imidazole rings is 1. The van der Waals surface area contributed by atoms with E-state index in [0.717, 1.165) is 35.6 Å². The van der Waals surface area contributed by atoms with Crippen LogP contribution >= 0.6 is 11.3 Å². The van der Waals surface area contributed by atoms with E-state index in [0.29, 0.717) is 5.56 Å². The third kappa shape index (κ3) is 3.27. The van der Waals surface area contributed by atoms with Crippen molar-refractivity contribution in [2.75, 3.05) is 0 Å². The lowest BCUT2D eigenvalue weighted by Gasteiger charge is -2.35. The molecule has 5 nitrogen and oxygen atoms in total. The molecule has 6 heteroatoms. The van der Waals surface area contributed by atoms with Gasteiger partial charge in [0.05, 0.1) is 17.5 Å². The lowest BCUT2D eigenvalue weighted by molar-refractivity contribution is -0.0657. The van der Waals surface area contributed by atoms with Gasteiger partial charge < -0.3 is 10.1 Å². The number of carbonyl (C=O) groups is 1. The Kier molecular flexibility index (Phi) is 4.78. The van der Waals surface area contributed by atoms with Crippen LogP contribution in [-0.4, -0.2) is 27.4 Å². The van der Waals surface area contributed by atoms with Crippen LogP contribution in [0.15, 0.2) is 41.9 Å². The summed E-state index contributed by atoms with van der Waals surface area (Å²) in [5.41, 5.74) is 2.81. The normalized spacial score (nSPS) is 23.2. The molecule has 26 heavy (non-hydrogen) atoms. The van der Waals surface area contributed by atoms with Crippen molar-refractivity contribution < 1.29 is 9.53 Å². The van der Waals surface area contributed by atoms with Crippen molar-refractivity contribution in [1.29, 1.82) is 0 Å². The van der Waals surface area contributed by atoms with Crippen LogP contribution in [0.25, 0.3) is 4.96 Å². The number of thiazole rings is 1. The highest BCUT2D eigenvalue weighted by Crippen LogP contribution is 2.35. The fourth-order valence-corrected chi connectivity index (χ4v) is 4.50. The van der Waals surface area contributed by atoms with Crippen molar-refractivity contribution in [3.05, 3.63) is 58.9 Å². The van der Waals surface area contributed by atoms with Gasteiger partial charge in [0.25, 0.3) is 5.91 Å². The molecule has 4 rings (SSSR count). The van der Waals surface area contributed by atoms with Crippen molar-refractivity contribution in [3.63, 3.8) is 0 Å². The first-order chi connectivity index (χ1) is 12.7. The number of nitrogens with zero attached hydrogens (tertiary/aromatic N) is 2. The smallest absolute Gasteiger partial charge is 0.251 e. The van der Waals surface area contributed by atoms with E-state index in [1.54, 1.807) is 11.3 Å². The summed E-state index contributed by atoms with van der Waals surface area (Å²) in [5, 5.41) is 5.25. The number of fused-ring (bicyclic) bond motifs is 1. The summed E-state index contributed by atoms with van der Waals surface area (Å²) < 4.78 is 8.47. The fourth-order valence-electron chi connectivity index (χ4n) is 3.73. The van der Waals surface area contributed by atoms with Crippen LogP contribution in [0.5, 0.6) is 0 Å². The Morgan fingerprint density at radius 1 is 1.35 bits per heavy atom. The van der Waals surface area contributed by atoms with Gasteiger partial charge in [-0.25, -0.2) is 4.98 Å². The molecule has 3 atom stereocenters. The molecule has 1 aliphatic rings. The number of rotatable bonds is 4. The number of nitrogens with one attached hydrogen (secondary N) is 1. The number of ether oxygens (including phenoxy) is 1. The quantitative estimate of drug-likeness (QED) is 0.752. The first-order valence-corrected chi connectivity index (χ1v) is 9.97. The second kappa shape index (κ2) is 7.21. The molecular weight excluding hydrogens is 346 g/mol. The number of carbonyl (C=O) groups excluding carboxylic acids is 1. The maximum absolute atomic E-state index is 12.6. The van der Waals surface area contributed by atoms with Crippen molar-refractivity contribution in [2.24, 2.45) is 0 Å². The molecule has 1 N–H and O–H groups in total. The number of hydrogen-bond acceptors (Lipinski definition) is 4. The van der Waals surface area contributed by atoms with Crippen LogP contribution in [-0.2, 0) is 4.74 Å². The number of hydrogen-bond donors (Lipinski definition) is 1. The minimum absolute atomic E-state index is 0.0169. The Hall–Kier alpha value is -2.18. The molecule has 3 heterocycles. The Morgan fingerprint density at radius 2 is 2.15 bits per heavy atom. The lowest BCUT2D eigenvalue weighted by atomic mass is 9.94. The highest BCUT2D eigenvalue weighted by atomic mass is 32.1. The topological polar surface area (TPSA) is 55.6 Å². The van der Waals surface area contributed by atoms with Gasteiger partial charge in [0, 0.05) is 23.2 Å². The van der Waals surface area contributed by atoms with Gasteiger partial charge in [0.2, 0.25) is 0 Å². The summed E-state index contributed by atoms with van der Waals surface area (Å²) in [6, 6.07) is 9.48. The monoisotopic (exact) mass is 369 g/mol. The molecule has 1 aliphatic heterocycles. The fraction of sp³-hybridized carbons (Fsp3) is 0.400. The molecule has 0 saturated carbocycles. The molecule has 0 radical (unpaired) electrons. The summed E-state index contributed by atoms with van der Waals surface area (Å²) in [5.74, 6) is -0.0169. The highest BCUT2D eigenvalue weighted by molar-refractivity contribution is 7.15. The van der Waals surface area contributed by atoms with Crippen LogP contribution in [0.1, 0.15) is 54.0 Å². The van der Waals surface area contributed by atoms with E-state index < -0.39 is 0 Å². The molecule has 1 aromatic carbocycles. The van der Waals surface area contributed by atoms with Crippen LogP contribution in [0.2, 0.25) is 0 Å². The maximum Gasteiger partial charge on any atom is 0.251 e. The minimum atomic E-state index is -0.0561. The third-order valence-corrected chi connectivity index (χ3v) is 5.77. The van der Waals surface area contributed by atoms with Gasteiger partial charge in [0.1, 0.15) is 6.10 Å². The third-order valence-electron chi connectivity index (χ3n) is 5.02. The Morgan fingerprint density at radius 3 is 2.92 bits per heavy atom. The Labute approximate surface area is 157 Å². The predicted molar refractivity (Wildman–Crippen MR) is 103 cm³/mol. The molecular formula is C20H23N3O2S. The molecule has 3 aromatic rings. The highest BCUT2D eigenvalue weighted by Gasteiger charge is 2.33. The first-order valence-electron chi connectivity index (χ1n) is 9.09. The predicted octanol–water partition coefficient (Wildman–Crippen LogP) is 4.13. The molecule has 0 spiro atoms. The van der Waals surface area contributed by atoms with E-state index >= 15 is 0 Å². The molecule has 136 valence electrons. The number of aryl methyl sites for hydroxylation is 1. The van der Waals surface area contributed by atoms with Gasteiger partial charge in [-0.05, 0) is 38.3 Å². The average molecular weight is 369 g/mol. The van der Waals surface area contributed by atoms with E-state index in [1.165, 1.54) is 0 Å². The lowest BCUT2D eigenvalue weighted by Crippen LogP contribution is -2.43. The summed E-state index contributed by atoms with van der Waals surface area (Å²) in [6.07, 6.45) is 4.67. The van der Waals surface area contributed by atoms with E-state index in [-0.39, 0.29) is 24.2 Å². The van der Waals surface area contributed by atoms with Crippen LogP contribution in [0, 0.1) is 6.92 Å². The molecule has 1 fully saturated rings. The Bertz CT molecular complexity index is 902. The van der Waals surface area contributed by atoms with Crippen LogP contribution < -0.4 is 5.32 Å². The average Bonchev–Trinajstić information content (AvgIpc) is 3.22. The van der Waals surface area contributed by atoms with E-state index in [1.807, 2.05) is 48.8 Å². The first kappa shape index (κ1) is 17.2. The van der Waals surface area contributed by atoms with Crippen LogP contribution in [0.4, 0.5) is 0 Å². The molecule has 0 unspecified atom stereocenters. The van der Waals surface area contributed by atoms with Gasteiger partial charge in [-0.3, -0.25) is 9.20 Å². The Balaban J connectivity index is 1.56. The maximum atomic E-state index is 12.6. The number of amides is 1. The zero-order valence-electron chi connectivity index (χ0n) is 15.0. The zero-order chi connectivity index (χ0) is 18.1. The number of aromatic nitrogens is 2. The molecule has 1 amide bonds. The summed E-state index contributed by atoms with van der Waals surface area (Å²) in [7, 11) is 0. The summed E-state index contributed by atoms with van der Waals surface area (Å²) in [6.45, 7) is 4.16. The number of benzene rings is 1. The summed E-state index contributed by atoms with van der Waals surface area (Å²) >= 11 is 1.63. The molecule has 0 aliphatic carbocycles. The van der Waals surface area contributed by atoms with Gasteiger partial charge in [0.15, 0.2) is 4.96 Å². The van der Waals surface area contributed by atoms with Crippen molar-refractivity contribution in [2.45, 2.75) is 51.4 Å². The molecule has 2 aromatic heterocycles. The largest absolute Gasteiger partial charge is 0.369 e. The second-order valence-corrected chi connectivity index (χ2v) is 7.67. The summed E-state index contributed by atoms with van der Waals surface area (Å²) in [4.78, 5) is 18.2. The zero-order valence-corrected chi connectivity index (χ0v) is 15.8. The van der Waals surface area contributed by atoms with Gasteiger partial charge in [-0.15, -0.1) is 11.3 Å². The van der Waals surface area contributed by atoms with E-state index in [4.69, 9.17) is 4.74 Å². The van der Waals surface area contributed by atoms with Crippen LogP contribution in [0.3, 0.4) is 0 Å². The molecule has 1 saturated heterocycles. The van der Waals surface area contributed by atoms with Crippen molar-refractivity contribution >= 4 is 22.2 Å². The van der Waals surface area contributed by atoms with Gasteiger partial charge >= 0.3 is 0 Å². The minimum Gasteiger partial charge on any atom is -0.369 e. The van der Waals surface area contributed by atoms with Crippen molar-refractivity contribution in [3.8, 4) is 0 Å².